The zero-order chi connectivity index (χ0) is 12.5. The van der Waals surface area contributed by atoms with Crippen LogP contribution < -0.4 is 10.5 Å². The molecule has 0 unspecified atom stereocenters. The van der Waals surface area contributed by atoms with Crippen LogP contribution in [0.25, 0.3) is 0 Å². The number of rotatable bonds is 4. The van der Waals surface area contributed by atoms with Gasteiger partial charge in [-0.2, -0.15) is 0 Å². The van der Waals surface area contributed by atoms with Crippen molar-refractivity contribution in [3.8, 4) is 5.75 Å². The van der Waals surface area contributed by atoms with E-state index in [0.717, 1.165) is 30.7 Å². The Hall–Kier alpha value is -1.06. The highest BCUT2D eigenvalue weighted by atomic mass is 16.5. The van der Waals surface area contributed by atoms with E-state index in [4.69, 9.17) is 10.5 Å². The van der Waals surface area contributed by atoms with Gasteiger partial charge in [0, 0.05) is 25.7 Å². The fourth-order valence-corrected chi connectivity index (χ4v) is 3.12. The Kier molecular flexibility index (Phi) is 3.27. The van der Waals surface area contributed by atoms with Crippen LogP contribution in [0, 0.1) is 11.8 Å². The first kappa shape index (κ1) is 12.0. The summed E-state index contributed by atoms with van der Waals surface area (Å²) in [4.78, 5) is 2.49. The van der Waals surface area contributed by atoms with Crippen LogP contribution >= 0.6 is 0 Å². The first-order valence-corrected chi connectivity index (χ1v) is 6.87. The standard InChI is InChI=1S/C15H22N2O/c1-18-13-4-2-3-11(7-13)8-17-9-14(12-5-6-12)15(16)10-17/h2-4,7,12,14-15H,5-6,8-10,16H2,1H3/t14-,15+/m0/s1. The maximum Gasteiger partial charge on any atom is 0.119 e. The van der Waals surface area contributed by atoms with E-state index in [9.17, 15) is 0 Å². The molecule has 1 aromatic carbocycles. The summed E-state index contributed by atoms with van der Waals surface area (Å²) in [5, 5.41) is 0. The molecule has 0 amide bonds. The molecular weight excluding hydrogens is 224 g/mol. The van der Waals surface area contributed by atoms with E-state index >= 15 is 0 Å². The molecule has 2 atom stereocenters. The summed E-state index contributed by atoms with van der Waals surface area (Å²) >= 11 is 0. The Labute approximate surface area is 109 Å². The average molecular weight is 246 g/mol. The van der Waals surface area contributed by atoms with Crippen molar-refractivity contribution in [3.05, 3.63) is 29.8 Å². The number of likely N-dealkylation sites (tertiary alicyclic amines) is 1. The van der Waals surface area contributed by atoms with Crippen molar-refractivity contribution in [1.29, 1.82) is 0 Å². The largest absolute Gasteiger partial charge is 0.497 e. The minimum atomic E-state index is 0.378. The van der Waals surface area contributed by atoms with Crippen LogP contribution in [-0.4, -0.2) is 31.1 Å². The molecule has 0 radical (unpaired) electrons. The van der Waals surface area contributed by atoms with E-state index < -0.39 is 0 Å². The number of methoxy groups -OCH3 is 1. The molecule has 0 bridgehead atoms. The Morgan fingerprint density at radius 2 is 2.17 bits per heavy atom. The number of nitrogens with zero attached hydrogens (tertiary/aromatic N) is 1. The molecule has 1 aliphatic heterocycles. The SMILES string of the molecule is COc1cccc(CN2C[C@@H](N)[C@H](C3CC3)C2)c1. The summed E-state index contributed by atoms with van der Waals surface area (Å²) in [6.45, 7) is 3.20. The highest BCUT2D eigenvalue weighted by Crippen LogP contribution is 2.41. The molecule has 18 heavy (non-hydrogen) atoms. The molecule has 2 fully saturated rings. The predicted molar refractivity (Wildman–Crippen MR) is 72.5 cm³/mol. The number of ether oxygens (including phenoxy) is 1. The van der Waals surface area contributed by atoms with Crippen LogP contribution in [0.2, 0.25) is 0 Å². The lowest BCUT2D eigenvalue weighted by Crippen LogP contribution is -2.30. The zero-order valence-corrected chi connectivity index (χ0v) is 11.0. The van der Waals surface area contributed by atoms with Crippen molar-refractivity contribution >= 4 is 0 Å². The molecule has 1 aliphatic carbocycles. The summed E-state index contributed by atoms with van der Waals surface area (Å²) in [5.41, 5.74) is 7.57. The summed E-state index contributed by atoms with van der Waals surface area (Å²) in [5.74, 6) is 2.58. The maximum atomic E-state index is 6.25. The maximum absolute atomic E-state index is 6.25. The van der Waals surface area contributed by atoms with E-state index in [-0.39, 0.29) is 0 Å². The van der Waals surface area contributed by atoms with Crippen LogP contribution in [0.15, 0.2) is 24.3 Å². The Morgan fingerprint density at radius 3 is 2.89 bits per heavy atom. The van der Waals surface area contributed by atoms with Crippen LogP contribution in [0.3, 0.4) is 0 Å². The third-order valence-corrected chi connectivity index (χ3v) is 4.26. The number of hydrogen-bond acceptors (Lipinski definition) is 3. The monoisotopic (exact) mass is 246 g/mol. The van der Waals surface area contributed by atoms with Gasteiger partial charge in [-0.05, 0) is 42.4 Å². The van der Waals surface area contributed by atoms with Gasteiger partial charge < -0.3 is 10.5 Å². The van der Waals surface area contributed by atoms with Gasteiger partial charge in [0.1, 0.15) is 5.75 Å². The molecule has 1 saturated heterocycles. The molecule has 1 heterocycles. The van der Waals surface area contributed by atoms with Gasteiger partial charge in [0.15, 0.2) is 0 Å². The number of hydrogen-bond donors (Lipinski definition) is 1. The first-order chi connectivity index (χ1) is 8.76. The van der Waals surface area contributed by atoms with E-state index in [2.05, 4.69) is 23.1 Å². The smallest absolute Gasteiger partial charge is 0.119 e. The van der Waals surface area contributed by atoms with E-state index in [1.165, 1.54) is 24.9 Å². The third-order valence-electron chi connectivity index (χ3n) is 4.26. The lowest BCUT2D eigenvalue weighted by atomic mass is 9.99. The highest BCUT2D eigenvalue weighted by Gasteiger charge is 2.40. The van der Waals surface area contributed by atoms with Gasteiger partial charge in [0.25, 0.3) is 0 Å². The molecule has 3 rings (SSSR count). The number of nitrogens with two attached hydrogens (primary N) is 1. The molecule has 1 saturated carbocycles. The number of benzene rings is 1. The van der Waals surface area contributed by atoms with E-state index in [1.807, 2.05) is 6.07 Å². The second-order valence-electron chi connectivity index (χ2n) is 5.71. The van der Waals surface area contributed by atoms with Crippen molar-refractivity contribution in [3.63, 3.8) is 0 Å². The van der Waals surface area contributed by atoms with Gasteiger partial charge in [-0.1, -0.05) is 12.1 Å². The minimum Gasteiger partial charge on any atom is -0.497 e. The topological polar surface area (TPSA) is 38.5 Å². The zero-order valence-electron chi connectivity index (χ0n) is 11.0. The molecular formula is C15H22N2O. The van der Waals surface area contributed by atoms with Crippen LogP contribution in [0.4, 0.5) is 0 Å². The lowest BCUT2D eigenvalue weighted by Gasteiger charge is -2.16. The van der Waals surface area contributed by atoms with E-state index in [1.54, 1.807) is 7.11 Å². The summed E-state index contributed by atoms with van der Waals surface area (Å²) in [6, 6.07) is 8.71. The quantitative estimate of drug-likeness (QED) is 0.881. The molecule has 0 aromatic heterocycles. The average Bonchev–Trinajstić information content (AvgIpc) is 3.15. The van der Waals surface area contributed by atoms with Crippen LogP contribution in [0.5, 0.6) is 5.75 Å². The second kappa shape index (κ2) is 4.90. The predicted octanol–water partition coefficient (Wildman–Crippen LogP) is 1.86. The van der Waals surface area contributed by atoms with Gasteiger partial charge in [0.2, 0.25) is 0 Å². The highest BCUT2D eigenvalue weighted by molar-refractivity contribution is 5.28. The lowest BCUT2D eigenvalue weighted by molar-refractivity contribution is 0.309. The Morgan fingerprint density at radius 1 is 1.33 bits per heavy atom. The molecule has 98 valence electrons. The van der Waals surface area contributed by atoms with Gasteiger partial charge in [-0.3, -0.25) is 4.90 Å². The normalized spacial score (nSPS) is 28.6. The summed E-state index contributed by atoms with van der Waals surface area (Å²) in [6.07, 6.45) is 2.79. The first-order valence-electron chi connectivity index (χ1n) is 6.87. The molecule has 3 nitrogen and oxygen atoms in total. The summed E-state index contributed by atoms with van der Waals surface area (Å²) in [7, 11) is 1.72. The van der Waals surface area contributed by atoms with Crippen molar-refractivity contribution in [2.45, 2.75) is 25.4 Å². The van der Waals surface area contributed by atoms with Crippen LogP contribution in [0.1, 0.15) is 18.4 Å². The van der Waals surface area contributed by atoms with Gasteiger partial charge in [0.05, 0.1) is 7.11 Å². The molecule has 2 aliphatic rings. The minimum absolute atomic E-state index is 0.378. The molecule has 0 spiro atoms. The van der Waals surface area contributed by atoms with Crippen molar-refractivity contribution in [1.82, 2.24) is 4.90 Å². The van der Waals surface area contributed by atoms with Gasteiger partial charge in [-0.25, -0.2) is 0 Å². The molecule has 1 aromatic rings. The molecule has 2 N–H and O–H groups in total. The van der Waals surface area contributed by atoms with Gasteiger partial charge >= 0.3 is 0 Å². The third kappa shape index (κ3) is 2.52. The van der Waals surface area contributed by atoms with Gasteiger partial charge in [-0.15, -0.1) is 0 Å². The summed E-state index contributed by atoms with van der Waals surface area (Å²) < 4.78 is 5.27. The second-order valence-corrected chi connectivity index (χ2v) is 5.71. The Balaban J connectivity index is 1.62. The van der Waals surface area contributed by atoms with Crippen molar-refractivity contribution < 1.29 is 4.74 Å². The van der Waals surface area contributed by atoms with Crippen molar-refractivity contribution in [2.24, 2.45) is 17.6 Å². The Bertz CT molecular complexity index is 417. The van der Waals surface area contributed by atoms with E-state index in [0.29, 0.717) is 6.04 Å². The van der Waals surface area contributed by atoms with Crippen LogP contribution in [-0.2, 0) is 6.54 Å². The molecule has 3 heteroatoms. The fourth-order valence-electron chi connectivity index (χ4n) is 3.12. The fraction of sp³-hybridized carbons (Fsp3) is 0.600. The van der Waals surface area contributed by atoms with Crippen molar-refractivity contribution in [2.75, 3.05) is 20.2 Å².